The van der Waals surface area contributed by atoms with Gasteiger partial charge >= 0.3 is 5.97 Å². The zero-order chi connectivity index (χ0) is 14.3. The average Bonchev–Trinajstić information content (AvgIpc) is 2.73. The lowest BCUT2D eigenvalue weighted by molar-refractivity contribution is 0.0599. The largest absolute Gasteiger partial charge is 0.465 e. The van der Waals surface area contributed by atoms with Crippen LogP contribution in [0.1, 0.15) is 28.8 Å². The Kier molecular flexibility index (Phi) is 6.32. The van der Waals surface area contributed by atoms with E-state index in [0.29, 0.717) is 43.4 Å². The minimum Gasteiger partial charge on any atom is -0.465 e. The van der Waals surface area contributed by atoms with E-state index in [1.54, 1.807) is 13.0 Å². The minimum atomic E-state index is -0.378. The van der Waals surface area contributed by atoms with Crippen LogP contribution in [-0.2, 0) is 16.0 Å². The van der Waals surface area contributed by atoms with Gasteiger partial charge in [0, 0.05) is 6.54 Å². The van der Waals surface area contributed by atoms with E-state index < -0.39 is 0 Å². The fraction of sp³-hybridized carbons (Fsp3) is 0.500. The van der Waals surface area contributed by atoms with Crippen LogP contribution in [0, 0.1) is 6.92 Å². The van der Waals surface area contributed by atoms with Crippen LogP contribution in [0.2, 0.25) is 0 Å². The van der Waals surface area contributed by atoms with E-state index in [4.69, 9.17) is 9.15 Å². The van der Waals surface area contributed by atoms with E-state index in [1.165, 1.54) is 7.11 Å². The summed E-state index contributed by atoms with van der Waals surface area (Å²) in [6.07, 6.45) is 0. The van der Waals surface area contributed by atoms with Gasteiger partial charge in [-0.05, 0) is 19.9 Å². The molecule has 1 aromatic heterocycles. The van der Waals surface area contributed by atoms with Crippen molar-refractivity contribution in [2.75, 3.05) is 26.9 Å². The Hall–Kier alpha value is -1.59. The second kappa shape index (κ2) is 7.76. The molecule has 5 nitrogen and oxygen atoms in total. The summed E-state index contributed by atoms with van der Waals surface area (Å²) in [5, 5.41) is 3.17. The van der Waals surface area contributed by atoms with E-state index in [2.05, 4.69) is 16.6 Å². The van der Waals surface area contributed by atoms with Crippen LogP contribution in [0.4, 0.5) is 0 Å². The molecule has 1 N–H and O–H groups in total. The van der Waals surface area contributed by atoms with Gasteiger partial charge < -0.3 is 19.2 Å². The molecule has 0 aliphatic carbocycles. The summed E-state index contributed by atoms with van der Waals surface area (Å²) in [6, 6.07) is 1.70. The van der Waals surface area contributed by atoms with Crippen molar-refractivity contribution in [2.45, 2.75) is 20.4 Å². The number of esters is 1. The first-order valence-corrected chi connectivity index (χ1v) is 6.15. The quantitative estimate of drug-likeness (QED) is 0.444. The zero-order valence-electron chi connectivity index (χ0n) is 11.7. The number of furan rings is 1. The van der Waals surface area contributed by atoms with Crippen LogP contribution in [0.25, 0.3) is 0 Å². The highest BCUT2D eigenvalue weighted by atomic mass is 16.5. The Morgan fingerprint density at radius 1 is 1.53 bits per heavy atom. The first kappa shape index (κ1) is 15.5. The first-order valence-electron chi connectivity index (χ1n) is 6.15. The molecule has 1 rings (SSSR count). The topological polar surface area (TPSA) is 60.7 Å². The molecule has 0 radical (unpaired) electrons. The second-order valence-corrected chi connectivity index (χ2v) is 4.36. The predicted octanol–water partition coefficient (Wildman–Crippen LogP) is 2.06. The van der Waals surface area contributed by atoms with Gasteiger partial charge in [0.2, 0.25) is 0 Å². The van der Waals surface area contributed by atoms with Gasteiger partial charge in [0.05, 0.1) is 26.9 Å². The van der Waals surface area contributed by atoms with Crippen molar-refractivity contribution in [3.63, 3.8) is 0 Å². The van der Waals surface area contributed by atoms with E-state index in [-0.39, 0.29) is 5.97 Å². The molecule has 0 aliphatic heterocycles. The van der Waals surface area contributed by atoms with Crippen molar-refractivity contribution in [1.82, 2.24) is 5.32 Å². The van der Waals surface area contributed by atoms with Crippen molar-refractivity contribution < 1.29 is 18.7 Å². The molecule has 19 heavy (non-hydrogen) atoms. The Bertz CT molecular complexity index is 437. The maximum absolute atomic E-state index is 11.4. The predicted molar refractivity (Wildman–Crippen MR) is 72.1 cm³/mol. The second-order valence-electron chi connectivity index (χ2n) is 4.36. The maximum Gasteiger partial charge on any atom is 0.341 e. The molecule has 0 bridgehead atoms. The van der Waals surface area contributed by atoms with Gasteiger partial charge in [-0.15, -0.1) is 0 Å². The van der Waals surface area contributed by atoms with E-state index in [0.717, 1.165) is 5.57 Å². The number of ether oxygens (including phenoxy) is 2. The molecule has 0 aromatic carbocycles. The average molecular weight is 267 g/mol. The fourth-order valence-electron chi connectivity index (χ4n) is 1.55. The number of methoxy groups -OCH3 is 1. The maximum atomic E-state index is 11.4. The smallest absolute Gasteiger partial charge is 0.341 e. The van der Waals surface area contributed by atoms with Crippen molar-refractivity contribution in [2.24, 2.45) is 0 Å². The van der Waals surface area contributed by atoms with E-state index in [1.807, 2.05) is 6.92 Å². The van der Waals surface area contributed by atoms with Crippen LogP contribution < -0.4 is 5.32 Å². The number of hydrogen-bond donors (Lipinski definition) is 1. The highest BCUT2D eigenvalue weighted by Gasteiger charge is 2.14. The molecule has 1 heterocycles. The van der Waals surface area contributed by atoms with Gasteiger partial charge in [0.1, 0.15) is 17.1 Å². The van der Waals surface area contributed by atoms with Crippen LogP contribution in [0.3, 0.4) is 0 Å². The lowest BCUT2D eigenvalue weighted by Gasteiger charge is -2.04. The summed E-state index contributed by atoms with van der Waals surface area (Å²) < 4.78 is 15.5. The van der Waals surface area contributed by atoms with Crippen LogP contribution in [-0.4, -0.2) is 32.8 Å². The minimum absolute atomic E-state index is 0.378. The molecule has 0 fully saturated rings. The SMILES string of the molecule is C=C(C)COCCNCc1cc(C(=O)OC)c(C)o1. The summed E-state index contributed by atoms with van der Waals surface area (Å²) >= 11 is 0. The van der Waals surface area contributed by atoms with Gasteiger partial charge in [0.25, 0.3) is 0 Å². The van der Waals surface area contributed by atoms with Gasteiger partial charge in [-0.1, -0.05) is 12.2 Å². The third kappa shape index (κ3) is 5.28. The molecular weight excluding hydrogens is 246 g/mol. The molecular formula is C14H21NO4. The number of nitrogens with one attached hydrogen (secondary N) is 1. The molecule has 106 valence electrons. The molecule has 0 atom stereocenters. The highest BCUT2D eigenvalue weighted by molar-refractivity contribution is 5.90. The van der Waals surface area contributed by atoms with Crippen LogP contribution in [0.5, 0.6) is 0 Å². The third-order valence-electron chi connectivity index (χ3n) is 2.44. The van der Waals surface area contributed by atoms with Gasteiger partial charge in [-0.25, -0.2) is 4.79 Å². The fourth-order valence-corrected chi connectivity index (χ4v) is 1.55. The van der Waals surface area contributed by atoms with Crippen molar-refractivity contribution in [3.8, 4) is 0 Å². The molecule has 0 saturated carbocycles. The van der Waals surface area contributed by atoms with Crippen LogP contribution in [0.15, 0.2) is 22.6 Å². The number of carbonyl (C=O) groups is 1. The molecule has 0 aliphatic rings. The normalized spacial score (nSPS) is 10.5. The standard InChI is InChI=1S/C14H21NO4/c1-10(2)9-18-6-5-15-8-12-7-13(11(3)19-12)14(16)17-4/h7,15H,1,5-6,8-9H2,2-4H3. The Balaban J connectivity index is 2.30. The van der Waals surface area contributed by atoms with Crippen molar-refractivity contribution >= 4 is 5.97 Å². The van der Waals surface area contributed by atoms with E-state index >= 15 is 0 Å². The van der Waals surface area contributed by atoms with Crippen molar-refractivity contribution in [3.05, 3.63) is 35.3 Å². The Labute approximate surface area is 113 Å². The summed E-state index contributed by atoms with van der Waals surface area (Å²) in [7, 11) is 1.35. The van der Waals surface area contributed by atoms with Gasteiger partial charge in [-0.3, -0.25) is 0 Å². The van der Waals surface area contributed by atoms with Crippen LogP contribution >= 0.6 is 0 Å². The first-order chi connectivity index (χ1) is 9.04. The van der Waals surface area contributed by atoms with Crippen molar-refractivity contribution in [1.29, 1.82) is 0 Å². The lowest BCUT2D eigenvalue weighted by atomic mass is 10.2. The molecule has 0 amide bonds. The monoisotopic (exact) mass is 267 g/mol. The number of hydrogen-bond acceptors (Lipinski definition) is 5. The lowest BCUT2D eigenvalue weighted by Crippen LogP contribution is -2.19. The number of aryl methyl sites for hydroxylation is 1. The Morgan fingerprint density at radius 3 is 2.89 bits per heavy atom. The number of carbonyl (C=O) groups excluding carboxylic acids is 1. The summed E-state index contributed by atoms with van der Waals surface area (Å²) in [5.74, 6) is 0.900. The Morgan fingerprint density at radius 2 is 2.26 bits per heavy atom. The summed E-state index contributed by atoms with van der Waals surface area (Å²) in [5.41, 5.74) is 1.47. The molecule has 1 aromatic rings. The number of rotatable bonds is 8. The third-order valence-corrected chi connectivity index (χ3v) is 2.44. The molecule has 0 saturated heterocycles. The molecule has 5 heteroatoms. The highest BCUT2D eigenvalue weighted by Crippen LogP contribution is 2.15. The molecule has 0 spiro atoms. The van der Waals surface area contributed by atoms with Gasteiger partial charge in [0.15, 0.2) is 0 Å². The summed E-state index contributed by atoms with van der Waals surface area (Å²) in [6.45, 7) is 9.86. The van der Waals surface area contributed by atoms with E-state index in [9.17, 15) is 4.79 Å². The zero-order valence-corrected chi connectivity index (χ0v) is 11.7. The molecule has 0 unspecified atom stereocenters. The summed E-state index contributed by atoms with van der Waals surface area (Å²) in [4.78, 5) is 11.4. The van der Waals surface area contributed by atoms with Gasteiger partial charge in [-0.2, -0.15) is 0 Å².